The van der Waals surface area contributed by atoms with Gasteiger partial charge in [0.05, 0.1) is 0 Å². The lowest BCUT2D eigenvalue weighted by molar-refractivity contribution is 0.219. The number of hydrogen-bond acceptors (Lipinski definition) is 1. The van der Waals surface area contributed by atoms with Crippen molar-refractivity contribution >= 4 is 12.6 Å². The molecule has 0 aliphatic heterocycles. The summed E-state index contributed by atoms with van der Waals surface area (Å²) in [5, 5.41) is 0. The molecule has 1 heteroatoms. The first-order valence-electron chi connectivity index (χ1n) is 4.68. The van der Waals surface area contributed by atoms with E-state index in [1.807, 2.05) is 0 Å². The maximum atomic E-state index is 4.83. The molecule has 1 saturated carbocycles. The highest BCUT2D eigenvalue weighted by Crippen LogP contribution is 2.46. The molecule has 0 bridgehead atoms. The first-order valence-corrected chi connectivity index (χ1v) is 5.13. The summed E-state index contributed by atoms with van der Waals surface area (Å²) in [4.78, 5) is 0. The Morgan fingerprint density at radius 1 is 1.00 bits per heavy atom. The summed E-state index contributed by atoms with van der Waals surface area (Å²) < 4.78 is 0.311. The zero-order valence-corrected chi connectivity index (χ0v) is 8.88. The SMILES string of the molecule is CC(C)(C)C1(S)CCCCC1. The smallest absolute Gasteiger partial charge is 0.0178 e. The van der Waals surface area contributed by atoms with Gasteiger partial charge in [0.2, 0.25) is 0 Å². The average Bonchev–Trinajstić information content (AvgIpc) is 1.87. The van der Waals surface area contributed by atoms with Gasteiger partial charge >= 0.3 is 0 Å². The van der Waals surface area contributed by atoms with E-state index < -0.39 is 0 Å². The van der Waals surface area contributed by atoms with E-state index >= 15 is 0 Å². The van der Waals surface area contributed by atoms with Gasteiger partial charge in [-0.1, -0.05) is 40.0 Å². The Kier molecular flexibility index (Phi) is 2.58. The molecular formula is C10H20S. The third kappa shape index (κ3) is 1.93. The maximum Gasteiger partial charge on any atom is 0.0178 e. The Morgan fingerprint density at radius 3 is 1.73 bits per heavy atom. The van der Waals surface area contributed by atoms with Crippen LogP contribution in [0.25, 0.3) is 0 Å². The Hall–Kier alpha value is 0.350. The average molecular weight is 172 g/mol. The predicted octanol–water partition coefficient (Wildman–Crippen LogP) is 3.67. The second-order valence-corrected chi connectivity index (χ2v) is 5.70. The molecule has 1 aliphatic carbocycles. The fraction of sp³-hybridized carbons (Fsp3) is 1.00. The first-order chi connectivity index (χ1) is 4.96. The number of thiol groups is 1. The van der Waals surface area contributed by atoms with Gasteiger partial charge in [-0.25, -0.2) is 0 Å². The molecular weight excluding hydrogens is 152 g/mol. The molecule has 0 aromatic heterocycles. The molecule has 0 nitrogen and oxygen atoms in total. The van der Waals surface area contributed by atoms with Crippen LogP contribution >= 0.6 is 12.6 Å². The van der Waals surface area contributed by atoms with E-state index in [-0.39, 0.29) is 0 Å². The molecule has 11 heavy (non-hydrogen) atoms. The molecule has 0 atom stereocenters. The summed E-state index contributed by atoms with van der Waals surface area (Å²) >= 11 is 4.83. The number of rotatable bonds is 0. The molecule has 0 amide bonds. The zero-order chi connectivity index (χ0) is 8.54. The van der Waals surface area contributed by atoms with Crippen LogP contribution < -0.4 is 0 Å². The van der Waals surface area contributed by atoms with Gasteiger partial charge in [-0.15, -0.1) is 0 Å². The molecule has 1 aliphatic rings. The summed E-state index contributed by atoms with van der Waals surface area (Å²) in [7, 11) is 0. The molecule has 0 N–H and O–H groups in total. The summed E-state index contributed by atoms with van der Waals surface area (Å²) in [6.45, 7) is 6.93. The van der Waals surface area contributed by atoms with E-state index in [4.69, 9.17) is 12.6 Å². The predicted molar refractivity (Wildman–Crippen MR) is 54.3 cm³/mol. The van der Waals surface area contributed by atoms with E-state index in [1.54, 1.807) is 0 Å². The normalized spacial score (nSPS) is 25.1. The first kappa shape index (κ1) is 9.44. The lowest BCUT2D eigenvalue weighted by atomic mass is 9.71. The van der Waals surface area contributed by atoms with Crippen molar-refractivity contribution in [3.8, 4) is 0 Å². The lowest BCUT2D eigenvalue weighted by Gasteiger charge is -2.43. The minimum absolute atomic E-state index is 0.311. The Balaban J connectivity index is 2.64. The monoisotopic (exact) mass is 172 g/mol. The van der Waals surface area contributed by atoms with Gasteiger partial charge < -0.3 is 0 Å². The van der Waals surface area contributed by atoms with Crippen LogP contribution in [0.1, 0.15) is 52.9 Å². The topological polar surface area (TPSA) is 0 Å². The second kappa shape index (κ2) is 3.01. The molecule has 0 spiro atoms. The Morgan fingerprint density at radius 2 is 1.45 bits per heavy atom. The number of hydrogen-bond donors (Lipinski definition) is 1. The summed E-state index contributed by atoms with van der Waals surface area (Å²) in [6, 6.07) is 0. The van der Waals surface area contributed by atoms with Gasteiger partial charge in [-0.05, 0) is 18.3 Å². The molecule has 1 fully saturated rings. The van der Waals surface area contributed by atoms with Crippen LogP contribution in [0.3, 0.4) is 0 Å². The highest BCUT2D eigenvalue weighted by molar-refractivity contribution is 7.81. The van der Waals surface area contributed by atoms with Gasteiger partial charge in [0.25, 0.3) is 0 Å². The maximum absolute atomic E-state index is 4.83. The van der Waals surface area contributed by atoms with Crippen LogP contribution in [0.5, 0.6) is 0 Å². The van der Waals surface area contributed by atoms with Crippen molar-refractivity contribution < 1.29 is 0 Å². The van der Waals surface area contributed by atoms with Gasteiger partial charge in [0.15, 0.2) is 0 Å². The molecule has 66 valence electrons. The van der Waals surface area contributed by atoms with Crippen molar-refractivity contribution in [2.24, 2.45) is 5.41 Å². The fourth-order valence-corrected chi connectivity index (χ4v) is 2.20. The van der Waals surface area contributed by atoms with Crippen LogP contribution in [0.15, 0.2) is 0 Å². The summed E-state index contributed by atoms with van der Waals surface area (Å²) in [5.74, 6) is 0. The van der Waals surface area contributed by atoms with E-state index in [0.717, 1.165) is 0 Å². The van der Waals surface area contributed by atoms with Gasteiger partial charge in [-0.3, -0.25) is 0 Å². The fourth-order valence-electron chi connectivity index (χ4n) is 1.89. The lowest BCUT2D eigenvalue weighted by Crippen LogP contribution is -2.39. The van der Waals surface area contributed by atoms with E-state index in [1.165, 1.54) is 32.1 Å². The van der Waals surface area contributed by atoms with E-state index in [2.05, 4.69) is 20.8 Å². The molecule has 0 aromatic rings. The third-order valence-corrected chi connectivity index (χ3v) is 4.19. The molecule has 1 rings (SSSR count). The van der Waals surface area contributed by atoms with Gasteiger partial charge in [0.1, 0.15) is 0 Å². The molecule has 0 unspecified atom stereocenters. The summed E-state index contributed by atoms with van der Waals surface area (Å²) in [6.07, 6.45) is 6.78. The largest absolute Gasteiger partial charge is 0.172 e. The van der Waals surface area contributed by atoms with Crippen LogP contribution in [0, 0.1) is 5.41 Å². The van der Waals surface area contributed by atoms with Gasteiger partial charge in [-0.2, -0.15) is 12.6 Å². The minimum atomic E-state index is 0.311. The third-order valence-electron chi connectivity index (χ3n) is 3.08. The van der Waals surface area contributed by atoms with Crippen molar-refractivity contribution in [3.05, 3.63) is 0 Å². The molecule has 0 saturated heterocycles. The highest BCUT2D eigenvalue weighted by atomic mass is 32.1. The minimum Gasteiger partial charge on any atom is -0.172 e. The van der Waals surface area contributed by atoms with Gasteiger partial charge in [0, 0.05) is 4.75 Å². The van der Waals surface area contributed by atoms with Crippen molar-refractivity contribution in [3.63, 3.8) is 0 Å². The van der Waals surface area contributed by atoms with Crippen molar-refractivity contribution in [2.45, 2.75) is 57.6 Å². The Labute approximate surface area is 76.2 Å². The Bertz CT molecular complexity index is 126. The second-order valence-electron chi connectivity index (χ2n) is 4.84. The van der Waals surface area contributed by atoms with Crippen molar-refractivity contribution in [1.29, 1.82) is 0 Å². The standard InChI is InChI=1S/C10H20S/c1-9(2,3)10(11)7-5-4-6-8-10/h11H,4-8H2,1-3H3. The quantitative estimate of drug-likeness (QED) is 0.530. The van der Waals surface area contributed by atoms with Crippen molar-refractivity contribution in [1.82, 2.24) is 0 Å². The van der Waals surface area contributed by atoms with E-state index in [0.29, 0.717) is 10.2 Å². The summed E-state index contributed by atoms with van der Waals surface area (Å²) in [5.41, 5.74) is 0.372. The molecule has 0 heterocycles. The highest BCUT2D eigenvalue weighted by Gasteiger charge is 2.38. The van der Waals surface area contributed by atoms with Crippen LogP contribution in [-0.2, 0) is 0 Å². The van der Waals surface area contributed by atoms with Crippen LogP contribution in [0.4, 0.5) is 0 Å². The van der Waals surface area contributed by atoms with E-state index in [9.17, 15) is 0 Å². The molecule has 0 radical (unpaired) electrons. The van der Waals surface area contributed by atoms with Crippen molar-refractivity contribution in [2.75, 3.05) is 0 Å². The van der Waals surface area contributed by atoms with Crippen LogP contribution in [0.2, 0.25) is 0 Å². The van der Waals surface area contributed by atoms with Crippen LogP contribution in [-0.4, -0.2) is 4.75 Å². The molecule has 0 aromatic carbocycles. The zero-order valence-electron chi connectivity index (χ0n) is 7.98.